The number of ether oxygens (including phenoxy) is 1. The van der Waals surface area contributed by atoms with Crippen molar-refractivity contribution in [2.24, 2.45) is 5.41 Å². The normalized spacial score (nSPS) is 21.8. The summed E-state index contributed by atoms with van der Waals surface area (Å²) in [4.78, 5) is 21.4. The van der Waals surface area contributed by atoms with Crippen LogP contribution < -0.4 is 15.4 Å². The van der Waals surface area contributed by atoms with Crippen LogP contribution in [0.15, 0.2) is 18.2 Å². The predicted molar refractivity (Wildman–Crippen MR) is 133 cm³/mol. The molecule has 10 heteroatoms. The molecule has 3 aliphatic carbocycles. The zero-order valence-corrected chi connectivity index (χ0v) is 20.6. The SMILES string of the molecule is CNC(=O)Cn1nc2nc(NC34CC(C#N)(C3)C4)nc(Oc3c(C)cc(/C=C/C#N)cc3C)c2c1C. The Bertz CT molecular complexity index is 1480. The van der Waals surface area contributed by atoms with Crippen LogP contribution in [-0.4, -0.2) is 38.2 Å². The molecule has 182 valence electrons. The number of aromatic nitrogens is 4. The first-order valence-electron chi connectivity index (χ1n) is 11.7. The molecule has 6 rings (SSSR count). The highest BCUT2D eigenvalue weighted by Gasteiger charge is 2.69. The number of rotatable bonds is 7. The number of nitriles is 2. The van der Waals surface area contributed by atoms with Gasteiger partial charge in [-0.25, -0.2) is 0 Å². The molecule has 1 amide bonds. The number of amides is 1. The Kier molecular flexibility index (Phi) is 5.40. The lowest BCUT2D eigenvalue weighted by atomic mass is 9.40. The summed E-state index contributed by atoms with van der Waals surface area (Å²) in [6.45, 7) is 5.78. The monoisotopic (exact) mass is 482 g/mol. The van der Waals surface area contributed by atoms with Crippen LogP contribution in [0.3, 0.4) is 0 Å². The van der Waals surface area contributed by atoms with E-state index in [9.17, 15) is 10.1 Å². The van der Waals surface area contributed by atoms with Crippen LogP contribution >= 0.6 is 0 Å². The summed E-state index contributed by atoms with van der Waals surface area (Å²) >= 11 is 0. The number of nitrogens with zero attached hydrogens (tertiary/aromatic N) is 6. The number of carbonyl (C=O) groups is 1. The molecule has 10 nitrogen and oxygen atoms in total. The standard InChI is InChI=1S/C26H26N8O2/c1-15-8-18(6-5-7-27)9-16(2)21(15)36-23-20-17(3)34(10-19(35)29-4)33-22(20)30-24(31-23)32-26-11-25(12-26,13-26)14-28/h5-6,8-9H,10-13H2,1-4H3,(H,29,35)(H,30,32,33)/b6-5+. The second-order valence-electron chi connectivity index (χ2n) is 9.84. The molecule has 36 heavy (non-hydrogen) atoms. The number of aryl methyl sites for hydroxylation is 3. The van der Waals surface area contributed by atoms with Crippen molar-refractivity contribution in [3.05, 3.63) is 40.6 Å². The average Bonchev–Trinajstić information content (AvgIpc) is 3.11. The lowest BCUT2D eigenvalue weighted by molar-refractivity contribution is -0.121. The van der Waals surface area contributed by atoms with Crippen LogP contribution in [0, 0.1) is 48.8 Å². The van der Waals surface area contributed by atoms with Gasteiger partial charge in [0.2, 0.25) is 17.7 Å². The summed E-state index contributed by atoms with van der Waals surface area (Å²) in [5, 5.41) is 29.4. The minimum Gasteiger partial charge on any atom is -0.437 e. The number of fused-ring (bicyclic) bond motifs is 1. The van der Waals surface area contributed by atoms with Crippen molar-refractivity contribution in [3.63, 3.8) is 0 Å². The van der Waals surface area contributed by atoms with Gasteiger partial charge in [-0.1, -0.05) is 0 Å². The maximum absolute atomic E-state index is 12.0. The third kappa shape index (κ3) is 3.81. The lowest BCUT2D eigenvalue weighted by Crippen LogP contribution is -2.70. The molecule has 2 N–H and O–H groups in total. The number of hydrogen-bond acceptors (Lipinski definition) is 8. The van der Waals surface area contributed by atoms with Gasteiger partial charge >= 0.3 is 0 Å². The van der Waals surface area contributed by atoms with Crippen LogP contribution in [0.1, 0.15) is 41.6 Å². The molecule has 0 unspecified atom stereocenters. The van der Waals surface area contributed by atoms with E-state index in [0.717, 1.165) is 36.0 Å². The largest absolute Gasteiger partial charge is 0.437 e. The first-order chi connectivity index (χ1) is 17.2. The van der Waals surface area contributed by atoms with Gasteiger partial charge in [0.15, 0.2) is 5.65 Å². The second-order valence-corrected chi connectivity index (χ2v) is 9.84. The van der Waals surface area contributed by atoms with Crippen LogP contribution in [-0.2, 0) is 11.3 Å². The van der Waals surface area contributed by atoms with Gasteiger partial charge in [-0.3, -0.25) is 9.48 Å². The van der Waals surface area contributed by atoms with Gasteiger partial charge in [-0.15, -0.1) is 0 Å². The molecule has 3 saturated carbocycles. The number of benzene rings is 1. The molecule has 3 aliphatic rings. The number of nitrogens with one attached hydrogen (secondary N) is 2. The molecule has 0 atom stereocenters. The molecular formula is C26H26N8O2. The molecule has 2 aromatic heterocycles. The fourth-order valence-corrected chi connectivity index (χ4v) is 5.38. The topological polar surface area (TPSA) is 142 Å². The van der Waals surface area contributed by atoms with Crippen molar-refractivity contribution in [2.75, 3.05) is 12.4 Å². The Morgan fingerprint density at radius 2 is 1.89 bits per heavy atom. The molecule has 0 aliphatic heterocycles. The first kappa shape index (κ1) is 23.3. The van der Waals surface area contributed by atoms with E-state index < -0.39 is 0 Å². The van der Waals surface area contributed by atoms with Gasteiger partial charge in [-0.2, -0.15) is 25.6 Å². The van der Waals surface area contributed by atoms with E-state index in [1.165, 1.54) is 6.08 Å². The third-order valence-electron chi connectivity index (χ3n) is 7.07. The van der Waals surface area contributed by atoms with Crippen molar-refractivity contribution < 1.29 is 9.53 Å². The number of likely N-dealkylation sites (N-methyl/N-ethyl adjacent to an activating group) is 1. The lowest BCUT2D eigenvalue weighted by Gasteiger charge is -2.66. The highest BCUT2D eigenvalue weighted by atomic mass is 16.5. The third-order valence-corrected chi connectivity index (χ3v) is 7.07. The van der Waals surface area contributed by atoms with E-state index in [1.807, 2.05) is 39.0 Å². The van der Waals surface area contributed by atoms with Gasteiger partial charge in [0.25, 0.3) is 0 Å². The maximum atomic E-state index is 12.0. The van der Waals surface area contributed by atoms with Gasteiger partial charge in [0.1, 0.15) is 17.7 Å². The highest BCUT2D eigenvalue weighted by molar-refractivity contribution is 5.85. The van der Waals surface area contributed by atoms with Gasteiger partial charge in [0.05, 0.1) is 23.2 Å². The van der Waals surface area contributed by atoms with Crippen LogP contribution in [0.5, 0.6) is 11.6 Å². The summed E-state index contributed by atoms with van der Waals surface area (Å²) in [7, 11) is 1.58. The Balaban J connectivity index is 1.56. The Hall–Kier alpha value is -4.44. The quantitative estimate of drug-likeness (QED) is 0.486. The summed E-state index contributed by atoms with van der Waals surface area (Å²) in [6, 6.07) is 8.31. The van der Waals surface area contributed by atoms with Crippen molar-refractivity contribution >= 4 is 29.0 Å². The molecule has 2 bridgehead atoms. The molecule has 0 radical (unpaired) electrons. The minimum atomic E-state index is -0.210. The van der Waals surface area contributed by atoms with E-state index in [-0.39, 0.29) is 23.4 Å². The van der Waals surface area contributed by atoms with E-state index >= 15 is 0 Å². The summed E-state index contributed by atoms with van der Waals surface area (Å²) in [5.74, 6) is 1.21. The summed E-state index contributed by atoms with van der Waals surface area (Å²) in [5.41, 5.74) is 3.44. The van der Waals surface area contributed by atoms with Crippen molar-refractivity contribution in [1.82, 2.24) is 25.1 Å². The first-order valence-corrected chi connectivity index (χ1v) is 11.7. The molecule has 2 heterocycles. The molecular weight excluding hydrogens is 456 g/mol. The van der Waals surface area contributed by atoms with E-state index in [4.69, 9.17) is 15.0 Å². The smallest absolute Gasteiger partial charge is 0.241 e. The Labute approximate surface area is 208 Å². The fraction of sp³-hybridized carbons (Fsp3) is 0.385. The van der Waals surface area contributed by atoms with Crippen LogP contribution in [0.4, 0.5) is 5.95 Å². The Morgan fingerprint density at radius 3 is 2.50 bits per heavy atom. The zero-order valence-electron chi connectivity index (χ0n) is 20.6. The van der Waals surface area contributed by atoms with Crippen LogP contribution in [0.25, 0.3) is 17.1 Å². The van der Waals surface area contributed by atoms with Crippen molar-refractivity contribution in [2.45, 2.75) is 52.1 Å². The summed E-state index contributed by atoms with van der Waals surface area (Å²) in [6.07, 6.45) is 5.50. The molecule has 0 spiro atoms. The Morgan fingerprint density at radius 1 is 1.19 bits per heavy atom. The van der Waals surface area contributed by atoms with Crippen molar-refractivity contribution in [1.29, 1.82) is 10.5 Å². The van der Waals surface area contributed by atoms with E-state index in [1.54, 1.807) is 17.8 Å². The number of anilines is 1. The van der Waals surface area contributed by atoms with Crippen molar-refractivity contribution in [3.8, 4) is 23.8 Å². The number of allylic oxidation sites excluding steroid dienone is 1. The van der Waals surface area contributed by atoms with Gasteiger partial charge in [-0.05, 0) is 74.9 Å². The van der Waals surface area contributed by atoms with Gasteiger partial charge in [0, 0.05) is 18.7 Å². The summed E-state index contributed by atoms with van der Waals surface area (Å²) < 4.78 is 8.01. The molecule has 1 aromatic carbocycles. The predicted octanol–water partition coefficient (Wildman–Crippen LogP) is 3.68. The number of hydrogen-bond donors (Lipinski definition) is 2. The number of carbonyl (C=O) groups excluding carboxylic acids is 1. The second kappa shape index (κ2) is 8.35. The maximum Gasteiger partial charge on any atom is 0.241 e. The minimum absolute atomic E-state index is 0.0491. The highest BCUT2D eigenvalue weighted by Crippen LogP contribution is 2.67. The fourth-order valence-electron chi connectivity index (χ4n) is 5.38. The molecule has 0 saturated heterocycles. The molecule has 3 fully saturated rings. The van der Waals surface area contributed by atoms with Gasteiger partial charge < -0.3 is 15.4 Å². The van der Waals surface area contributed by atoms with E-state index in [2.05, 4.69) is 26.8 Å². The van der Waals surface area contributed by atoms with Crippen LogP contribution in [0.2, 0.25) is 0 Å². The average molecular weight is 483 g/mol. The van der Waals surface area contributed by atoms with E-state index in [0.29, 0.717) is 34.3 Å². The zero-order chi connectivity index (χ0) is 25.7. The molecule has 3 aromatic rings.